The van der Waals surface area contributed by atoms with Crippen molar-refractivity contribution < 1.29 is 9.53 Å². The van der Waals surface area contributed by atoms with Gasteiger partial charge in [-0.15, -0.1) is 0 Å². The Balaban J connectivity index is 1.70. The van der Waals surface area contributed by atoms with E-state index in [-0.39, 0.29) is 5.97 Å². The normalized spacial score (nSPS) is 10.9. The van der Waals surface area contributed by atoms with Crippen molar-refractivity contribution in [2.75, 3.05) is 7.11 Å². The molecule has 28 heavy (non-hydrogen) atoms. The maximum absolute atomic E-state index is 12.2. The lowest BCUT2D eigenvalue weighted by Gasteiger charge is -2.11. The Hall–Kier alpha value is -3.04. The molecule has 0 amide bonds. The highest BCUT2D eigenvalue weighted by molar-refractivity contribution is 6.31. The van der Waals surface area contributed by atoms with Crippen LogP contribution in [0.3, 0.4) is 0 Å². The average Bonchev–Trinajstić information content (AvgIpc) is 3.13. The average molecular weight is 390 g/mol. The van der Waals surface area contributed by atoms with Gasteiger partial charge in [0.2, 0.25) is 0 Å². The summed E-state index contributed by atoms with van der Waals surface area (Å²) < 4.78 is 7.17. The van der Waals surface area contributed by atoms with Gasteiger partial charge in [0.1, 0.15) is 0 Å². The molecular weight excluding hydrogens is 370 g/mol. The van der Waals surface area contributed by atoms with E-state index in [0.717, 1.165) is 17.7 Å². The largest absolute Gasteiger partial charge is 0.465 e. The van der Waals surface area contributed by atoms with Crippen molar-refractivity contribution >= 4 is 28.5 Å². The molecule has 1 heterocycles. The third kappa shape index (κ3) is 3.67. The van der Waals surface area contributed by atoms with Crippen LogP contribution >= 0.6 is 11.6 Å². The number of hydrogen-bond donors (Lipinski definition) is 0. The minimum atomic E-state index is -0.369. The van der Waals surface area contributed by atoms with Gasteiger partial charge in [-0.25, -0.2) is 4.79 Å². The molecule has 0 atom stereocenters. The SMILES string of the molecule is COC(=O)c1cc(Cl)ccc1Cc1cccc2c1ccn2Cc1ccccc1. The van der Waals surface area contributed by atoms with Crippen LogP contribution in [0.15, 0.2) is 79.0 Å². The van der Waals surface area contributed by atoms with Crippen LogP contribution in [-0.4, -0.2) is 17.6 Å². The van der Waals surface area contributed by atoms with E-state index in [0.29, 0.717) is 17.0 Å². The lowest BCUT2D eigenvalue weighted by Crippen LogP contribution is -2.06. The van der Waals surface area contributed by atoms with Crippen molar-refractivity contribution in [3.63, 3.8) is 0 Å². The van der Waals surface area contributed by atoms with E-state index in [1.54, 1.807) is 6.07 Å². The molecule has 0 unspecified atom stereocenters. The van der Waals surface area contributed by atoms with E-state index in [2.05, 4.69) is 59.3 Å². The summed E-state index contributed by atoms with van der Waals surface area (Å²) in [6.07, 6.45) is 2.75. The first-order chi connectivity index (χ1) is 13.7. The van der Waals surface area contributed by atoms with E-state index in [9.17, 15) is 4.79 Å². The van der Waals surface area contributed by atoms with Gasteiger partial charge >= 0.3 is 5.97 Å². The Morgan fingerprint density at radius 2 is 1.79 bits per heavy atom. The van der Waals surface area contributed by atoms with Gasteiger partial charge in [0.25, 0.3) is 0 Å². The highest BCUT2D eigenvalue weighted by Crippen LogP contribution is 2.26. The molecule has 0 radical (unpaired) electrons. The molecule has 4 rings (SSSR count). The van der Waals surface area contributed by atoms with E-state index >= 15 is 0 Å². The summed E-state index contributed by atoms with van der Waals surface area (Å²) in [7, 11) is 1.39. The number of hydrogen-bond acceptors (Lipinski definition) is 2. The number of benzene rings is 3. The molecule has 0 fully saturated rings. The summed E-state index contributed by atoms with van der Waals surface area (Å²) in [6.45, 7) is 0.822. The molecule has 4 heteroatoms. The molecule has 140 valence electrons. The van der Waals surface area contributed by atoms with Gasteiger partial charge < -0.3 is 9.30 Å². The molecule has 1 aromatic heterocycles. The summed E-state index contributed by atoms with van der Waals surface area (Å²) >= 11 is 6.09. The van der Waals surface area contributed by atoms with Gasteiger partial charge in [-0.2, -0.15) is 0 Å². The highest BCUT2D eigenvalue weighted by atomic mass is 35.5. The third-order valence-corrected chi connectivity index (χ3v) is 5.19. The molecule has 0 bridgehead atoms. The third-order valence-electron chi connectivity index (χ3n) is 4.96. The monoisotopic (exact) mass is 389 g/mol. The standard InChI is InChI=1S/C24H20ClNO2/c1-28-24(27)22-15-20(25)11-10-19(22)14-18-8-5-9-23-21(18)12-13-26(23)16-17-6-3-2-4-7-17/h2-13,15H,14,16H2,1H3. The van der Waals surface area contributed by atoms with Crippen LogP contribution in [-0.2, 0) is 17.7 Å². The van der Waals surface area contributed by atoms with Crippen LogP contribution in [0.5, 0.6) is 0 Å². The van der Waals surface area contributed by atoms with Crippen LogP contribution < -0.4 is 0 Å². The van der Waals surface area contributed by atoms with E-state index < -0.39 is 0 Å². The van der Waals surface area contributed by atoms with E-state index in [4.69, 9.17) is 16.3 Å². The number of carbonyl (C=O) groups excluding carboxylic acids is 1. The summed E-state index contributed by atoms with van der Waals surface area (Å²) in [4.78, 5) is 12.2. The predicted molar refractivity (Wildman–Crippen MR) is 113 cm³/mol. The molecule has 0 aliphatic rings. The van der Waals surface area contributed by atoms with E-state index in [1.807, 2.05) is 18.2 Å². The number of esters is 1. The van der Waals surface area contributed by atoms with Crippen LogP contribution in [0.1, 0.15) is 27.0 Å². The summed E-state index contributed by atoms with van der Waals surface area (Å²) in [5.41, 5.74) is 5.01. The predicted octanol–water partition coefficient (Wildman–Crippen LogP) is 5.72. The van der Waals surface area contributed by atoms with Gasteiger partial charge in [-0.3, -0.25) is 0 Å². The molecule has 0 N–H and O–H groups in total. The second-order valence-corrected chi connectivity index (χ2v) is 7.19. The number of methoxy groups -OCH3 is 1. The molecule has 0 spiro atoms. The minimum Gasteiger partial charge on any atom is -0.465 e. The Labute approximate surface area is 169 Å². The fourth-order valence-electron chi connectivity index (χ4n) is 3.57. The quantitative estimate of drug-likeness (QED) is 0.409. The van der Waals surface area contributed by atoms with Crippen LogP contribution in [0.25, 0.3) is 10.9 Å². The number of halogens is 1. The van der Waals surface area contributed by atoms with Gasteiger partial charge in [-0.05, 0) is 47.4 Å². The Kier molecular flexibility index (Phi) is 5.18. The first-order valence-corrected chi connectivity index (χ1v) is 9.51. The van der Waals surface area contributed by atoms with Crippen molar-refractivity contribution in [3.05, 3.63) is 106 Å². The van der Waals surface area contributed by atoms with Gasteiger partial charge in [0, 0.05) is 28.7 Å². The Bertz CT molecular complexity index is 1130. The maximum Gasteiger partial charge on any atom is 0.338 e. The molecule has 0 saturated carbocycles. The van der Waals surface area contributed by atoms with Crippen LogP contribution in [0.2, 0.25) is 5.02 Å². The second-order valence-electron chi connectivity index (χ2n) is 6.75. The zero-order valence-corrected chi connectivity index (χ0v) is 16.3. The summed E-state index contributed by atoms with van der Waals surface area (Å²) in [5, 5.41) is 1.71. The van der Waals surface area contributed by atoms with Crippen molar-refractivity contribution in [3.8, 4) is 0 Å². The lowest BCUT2D eigenvalue weighted by atomic mass is 9.97. The van der Waals surface area contributed by atoms with Gasteiger partial charge in [0.05, 0.1) is 12.7 Å². The van der Waals surface area contributed by atoms with Crippen LogP contribution in [0.4, 0.5) is 0 Å². The Morgan fingerprint density at radius 1 is 0.964 bits per heavy atom. The molecule has 0 aliphatic heterocycles. The molecule has 0 saturated heterocycles. The fourth-order valence-corrected chi connectivity index (χ4v) is 3.74. The van der Waals surface area contributed by atoms with Gasteiger partial charge in [0.15, 0.2) is 0 Å². The first-order valence-electron chi connectivity index (χ1n) is 9.13. The molecule has 3 aromatic carbocycles. The minimum absolute atomic E-state index is 0.369. The van der Waals surface area contributed by atoms with Crippen molar-refractivity contribution in [1.29, 1.82) is 0 Å². The first kappa shape index (κ1) is 18.3. The zero-order valence-electron chi connectivity index (χ0n) is 15.6. The number of nitrogens with zero attached hydrogens (tertiary/aromatic N) is 1. The number of carbonyl (C=O) groups is 1. The molecular formula is C24H20ClNO2. The van der Waals surface area contributed by atoms with Crippen molar-refractivity contribution in [2.45, 2.75) is 13.0 Å². The molecule has 4 aromatic rings. The molecule has 0 aliphatic carbocycles. The maximum atomic E-state index is 12.2. The summed E-state index contributed by atoms with van der Waals surface area (Å²) in [5.74, 6) is -0.369. The highest BCUT2D eigenvalue weighted by Gasteiger charge is 2.14. The van der Waals surface area contributed by atoms with Crippen molar-refractivity contribution in [1.82, 2.24) is 4.57 Å². The fraction of sp³-hybridized carbons (Fsp3) is 0.125. The number of fused-ring (bicyclic) bond motifs is 1. The zero-order chi connectivity index (χ0) is 19.5. The Morgan fingerprint density at radius 3 is 2.57 bits per heavy atom. The number of rotatable bonds is 5. The number of aromatic nitrogens is 1. The topological polar surface area (TPSA) is 31.2 Å². The van der Waals surface area contributed by atoms with Gasteiger partial charge in [-0.1, -0.05) is 60.1 Å². The number of ether oxygens (including phenoxy) is 1. The van der Waals surface area contributed by atoms with Crippen LogP contribution in [0, 0.1) is 0 Å². The summed E-state index contributed by atoms with van der Waals surface area (Å²) in [6, 6.07) is 24.2. The molecule has 3 nitrogen and oxygen atoms in total. The second kappa shape index (κ2) is 7.91. The smallest absolute Gasteiger partial charge is 0.338 e. The van der Waals surface area contributed by atoms with E-state index in [1.165, 1.54) is 23.6 Å². The lowest BCUT2D eigenvalue weighted by molar-refractivity contribution is 0.0599. The van der Waals surface area contributed by atoms with Crippen molar-refractivity contribution in [2.24, 2.45) is 0 Å².